The van der Waals surface area contributed by atoms with Gasteiger partial charge in [-0.2, -0.15) is 0 Å². The zero-order valence-electron chi connectivity index (χ0n) is 21.1. The Hall–Kier alpha value is -4.75. The van der Waals surface area contributed by atoms with Gasteiger partial charge in [-0.1, -0.05) is 90.2 Å². The number of aromatic nitrogens is 1. The number of hydrogen-bond acceptors (Lipinski definition) is 6. The molecule has 0 saturated carbocycles. The number of benzene rings is 4. The molecule has 5 aromatic rings. The van der Waals surface area contributed by atoms with Gasteiger partial charge in [0.2, 0.25) is 0 Å². The fourth-order valence-electron chi connectivity index (χ4n) is 4.71. The highest BCUT2D eigenvalue weighted by Crippen LogP contribution is 2.44. The van der Waals surface area contributed by atoms with Crippen LogP contribution in [0.25, 0.3) is 16.0 Å². The highest BCUT2D eigenvalue weighted by atomic mass is 32.1. The minimum atomic E-state index is -0.852. The molecule has 1 aliphatic rings. The van der Waals surface area contributed by atoms with Crippen LogP contribution in [0.4, 0.5) is 5.13 Å². The number of nitrogens with zero attached hydrogens (tertiary/aromatic N) is 2. The summed E-state index contributed by atoms with van der Waals surface area (Å²) in [6, 6.07) is 30.9. The molecular formula is C32H24N2O4S. The van der Waals surface area contributed by atoms with Gasteiger partial charge in [-0.15, -0.1) is 0 Å². The van der Waals surface area contributed by atoms with Crippen molar-refractivity contribution in [1.82, 2.24) is 4.98 Å². The van der Waals surface area contributed by atoms with E-state index in [1.807, 2.05) is 85.8 Å². The van der Waals surface area contributed by atoms with E-state index in [0.717, 1.165) is 21.3 Å². The van der Waals surface area contributed by atoms with Crippen molar-refractivity contribution < 1.29 is 19.4 Å². The molecule has 1 saturated heterocycles. The Kier molecular flexibility index (Phi) is 6.42. The van der Waals surface area contributed by atoms with Crippen LogP contribution in [-0.4, -0.2) is 21.8 Å². The number of thiazole rings is 1. The van der Waals surface area contributed by atoms with Crippen molar-refractivity contribution in [2.45, 2.75) is 19.6 Å². The van der Waals surface area contributed by atoms with Gasteiger partial charge in [0.25, 0.3) is 5.78 Å². The highest BCUT2D eigenvalue weighted by Gasteiger charge is 2.48. The van der Waals surface area contributed by atoms with Crippen LogP contribution in [0, 0.1) is 6.92 Å². The smallest absolute Gasteiger partial charge is 0.301 e. The average Bonchev–Trinajstić information content (AvgIpc) is 3.50. The number of amides is 1. The van der Waals surface area contributed by atoms with Crippen LogP contribution >= 0.6 is 11.3 Å². The molecule has 0 radical (unpaired) electrons. The molecule has 4 aromatic carbocycles. The molecule has 2 heterocycles. The molecule has 1 N–H and O–H groups in total. The van der Waals surface area contributed by atoms with Gasteiger partial charge in [-0.25, -0.2) is 4.98 Å². The minimum absolute atomic E-state index is 0.0274. The van der Waals surface area contributed by atoms with E-state index in [1.54, 1.807) is 24.3 Å². The molecule has 1 unspecified atom stereocenters. The number of carbonyl (C=O) groups is 2. The van der Waals surface area contributed by atoms with Gasteiger partial charge in [0.1, 0.15) is 18.1 Å². The van der Waals surface area contributed by atoms with Gasteiger partial charge >= 0.3 is 5.91 Å². The Morgan fingerprint density at radius 1 is 0.923 bits per heavy atom. The van der Waals surface area contributed by atoms with Crippen LogP contribution in [-0.2, 0) is 16.2 Å². The van der Waals surface area contributed by atoms with Crippen molar-refractivity contribution in [2.24, 2.45) is 0 Å². The molecule has 7 heteroatoms. The predicted octanol–water partition coefficient (Wildman–Crippen LogP) is 6.81. The molecule has 6 rings (SSSR count). The number of carbonyl (C=O) groups excluding carboxylic acids is 2. The Bertz CT molecular complexity index is 1710. The Morgan fingerprint density at radius 3 is 2.33 bits per heavy atom. The van der Waals surface area contributed by atoms with Crippen LogP contribution in [0.3, 0.4) is 0 Å². The number of aliphatic hydroxyl groups excluding tert-OH is 1. The van der Waals surface area contributed by atoms with Crippen LogP contribution in [0.1, 0.15) is 28.3 Å². The van der Waals surface area contributed by atoms with E-state index >= 15 is 0 Å². The third kappa shape index (κ3) is 4.69. The van der Waals surface area contributed by atoms with Gasteiger partial charge in [-0.3, -0.25) is 14.5 Å². The molecule has 192 valence electrons. The van der Waals surface area contributed by atoms with Gasteiger partial charge in [0.05, 0.1) is 21.8 Å². The first-order chi connectivity index (χ1) is 19.0. The van der Waals surface area contributed by atoms with Gasteiger partial charge in [0.15, 0.2) is 5.13 Å². The lowest BCUT2D eigenvalue weighted by molar-refractivity contribution is -0.132. The second kappa shape index (κ2) is 10.2. The van der Waals surface area contributed by atoms with E-state index < -0.39 is 17.7 Å². The first-order valence-electron chi connectivity index (χ1n) is 12.5. The summed E-state index contributed by atoms with van der Waals surface area (Å²) >= 11 is 1.34. The third-order valence-corrected chi connectivity index (χ3v) is 7.69. The van der Waals surface area contributed by atoms with Crippen molar-refractivity contribution >= 4 is 44.1 Å². The van der Waals surface area contributed by atoms with Crippen LogP contribution in [0.2, 0.25) is 0 Å². The lowest BCUT2D eigenvalue weighted by Gasteiger charge is -2.23. The fraction of sp³-hybridized carbons (Fsp3) is 0.0938. The predicted molar refractivity (Wildman–Crippen MR) is 153 cm³/mol. The topological polar surface area (TPSA) is 79.7 Å². The summed E-state index contributed by atoms with van der Waals surface area (Å²) in [5.74, 6) is -1.04. The highest BCUT2D eigenvalue weighted by molar-refractivity contribution is 7.22. The summed E-state index contributed by atoms with van der Waals surface area (Å²) in [7, 11) is 0. The second-order valence-corrected chi connectivity index (χ2v) is 10.4. The largest absolute Gasteiger partial charge is 0.507 e. The zero-order valence-corrected chi connectivity index (χ0v) is 21.9. The van der Waals surface area contributed by atoms with Crippen molar-refractivity contribution in [3.63, 3.8) is 0 Å². The number of aryl methyl sites for hydroxylation is 1. The maximum absolute atomic E-state index is 13.5. The summed E-state index contributed by atoms with van der Waals surface area (Å²) < 4.78 is 6.85. The molecular weight excluding hydrogens is 508 g/mol. The quantitative estimate of drug-likeness (QED) is 0.148. The van der Waals surface area contributed by atoms with Crippen molar-refractivity contribution in [2.75, 3.05) is 4.90 Å². The summed E-state index contributed by atoms with van der Waals surface area (Å²) in [6.07, 6.45) is 0. The monoisotopic (exact) mass is 532 g/mol. The van der Waals surface area contributed by atoms with Crippen LogP contribution < -0.4 is 9.64 Å². The second-order valence-electron chi connectivity index (χ2n) is 9.35. The van der Waals surface area contributed by atoms with Crippen molar-refractivity contribution in [3.05, 3.63) is 131 Å². The number of Topliss-reactive ketones (excluding diaryl/α,β-unsaturated/α-hetero) is 1. The first kappa shape index (κ1) is 24.6. The number of aliphatic hydroxyl groups is 1. The lowest BCUT2D eigenvalue weighted by Crippen LogP contribution is -2.29. The first-order valence-corrected chi connectivity index (χ1v) is 13.3. The third-order valence-electron chi connectivity index (χ3n) is 6.67. The SMILES string of the molecule is Cc1ccc2nc(N3C(=O)C(=O)C(=C(O)c4ccccc4)C3c3ccc(OCc4ccccc4)cc3)sc2c1. The summed E-state index contributed by atoms with van der Waals surface area (Å²) in [6.45, 7) is 2.41. The van der Waals surface area contributed by atoms with Crippen molar-refractivity contribution in [1.29, 1.82) is 0 Å². The van der Waals surface area contributed by atoms with E-state index in [9.17, 15) is 14.7 Å². The summed E-state index contributed by atoms with van der Waals surface area (Å²) in [5.41, 5.74) is 4.02. The maximum atomic E-state index is 13.5. The summed E-state index contributed by atoms with van der Waals surface area (Å²) in [4.78, 5) is 33.0. The molecule has 1 aromatic heterocycles. The maximum Gasteiger partial charge on any atom is 0.301 e. The van der Waals surface area contributed by atoms with Crippen LogP contribution in [0.15, 0.2) is 109 Å². The Morgan fingerprint density at radius 2 is 1.62 bits per heavy atom. The fourth-order valence-corrected chi connectivity index (χ4v) is 5.80. The average molecular weight is 533 g/mol. The zero-order chi connectivity index (χ0) is 26.9. The van der Waals surface area contributed by atoms with E-state index in [4.69, 9.17) is 4.74 Å². The molecule has 1 amide bonds. The number of ether oxygens (including phenoxy) is 1. The van der Waals surface area contributed by atoms with E-state index in [2.05, 4.69) is 4.98 Å². The molecule has 1 atom stereocenters. The van der Waals surface area contributed by atoms with E-state index in [0.29, 0.717) is 28.6 Å². The molecule has 0 spiro atoms. The van der Waals surface area contributed by atoms with Crippen LogP contribution in [0.5, 0.6) is 5.75 Å². The Balaban J connectivity index is 1.42. The van der Waals surface area contributed by atoms with Gasteiger partial charge < -0.3 is 9.84 Å². The molecule has 39 heavy (non-hydrogen) atoms. The number of ketones is 1. The Labute approximate surface area is 229 Å². The summed E-state index contributed by atoms with van der Waals surface area (Å²) in [5, 5.41) is 11.7. The molecule has 1 aliphatic heterocycles. The molecule has 0 aliphatic carbocycles. The standard InChI is InChI=1S/C32H24N2O4S/c1-20-12-17-25-26(18-20)39-32(33-25)34-28(27(30(36)31(34)37)29(35)23-10-6-3-7-11-23)22-13-15-24(16-14-22)38-19-21-8-4-2-5-9-21/h2-18,28,35H,19H2,1H3. The molecule has 1 fully saturated rings. The van der Waals surface area contributed by atoms with Crippen molar-refractivity contribution in [3.8, 4) is 5.75 Å². The number of fused-ring (bicyclic) bond motifs is 1. The normalized spacial score (nSPS) is 16.6. The number of rotatable bonds is 6. The number of hydrogen-bond donors (Lipinski definition) is 1. The van der Waals surface area contributed by atoms with Gasteiger partial charge in [0, 0.05) is 5.56 Å². The molecule has 6 nitrogen and oxygen atoms in total. The lowest BCUT2D eigenvalue weighted by atomic mass is 9.95. The molecule has 0 bridgehead atoms. The van der Waals surface area contributed by atoms with Gasteiger partial charge in [-0.05, 0) is 47.9 Å². The van der Waals surface area contributed by atoms with E-state index in [1.165, 1.54) is 16.2 Å². The number of anilines is 1. The minimum Gasteiger partial charge on any atom is -0.507 e. The van der Waals surface area contributed by atoms with E-state index in [-0.39, 0.29) is 11.3 Å².